The molecular formula is C18H19N3O2S. The Morgan fingerprint density at radius 2 is 1.62 bits per heavy atom. The lowest BCUT2D eigenvalue weighted by atomic mass is 10.1. The fraction of sp³-hybridized carbons (Fsp3) is 0.167. The van der Waals surface area contributed by atoms with E-state index in [0.717, 1.165) is 5.56 Å². The topological polar surface area (TPSA) is 70.2 Å². The number of anilines is 1. The second-order valence-corrected chi connectivity index (χ2v) is 5.73. The Morgan fingerprint density at radius 3 is 2.21 bits per heavy atom. The lowest BCUT2D eigenvalue weighted by Gasteiger charge is -2.14. The molecule has 1 unspecified atom stereocenters. The number of hydrogen-bond donors (Lipinski definition) is 3. The summed E-state index contributed by atoms with van der Waals surface area (Å²) in [5.41, 5.74) is 2.29. The molecule has 0 fully saturated rings. The molecule has 1 atom stereocenters. The van der Waals surface area contributed by atoms with E-state index in [0.29, 0.717) is 11.3 Å². The summed E-state index contributed by atoms with van der Waals surface area (Å²) in [7, 11) is 0. The Hall–Kier alpha value is -2.73. The molecule has 0 aliphatic rings. The normalized spacial score (nSPS) is 11.2. The van der Waals surface area contributed by atoms with E-state index in [2.05, 4.69) is 16.0 Å². The Balaban J connectivity index is 1.96. The molecular weight excluding hydrogens is 322 g/mol. The standard InChI is InChI=1S/C18H19N3O2S/c1-12(14-6-4-3-5-7-14)19-17(23)15-8-10-16(11-9-15)21-18(24)20-13(2)22/h3-12H,1-2H3,(H,19,23)(H2,20,21,22,24). The predicted octanol–water partition coefficient (Wildman–Crippen LogP) is 3.01. The van der Waals surface area contributed by atoms with Gasteiger partial charge in [-0.3, -0.25) is 9.59 Å². The van der Waals surface area contributed by atoms with Crippen molar-refractivity contribution in [2.75, 3.05) is 5.32 Å². The molecule has 2 aromatic rings. The average molecular weight is 341 g/mol. The zero-order valence-corrected chi connectivity index (χ0v) is 14.3. The van der Waals surface area contributed by atoms with E-state index >= 15 is 0 Å². The SMILES string of the molecule is CC(=O)NC(=S)Nc1ccc(C(=O)NC(C)c2ccccc2)cc1. The van der Waals surface area contributed by atoms with Gasteiger partial charge < -0.3 is 16.0 Å². The van der Waals surface area contributed by atoms with Crippen molar-refractivity contribution in [1.82, 2.24) is 10.6 Å². The van der Waals surface area contributed by atoms with Crippen LogP contribution < -0.4 is 16.0 Å². The lowest BCUT2D eigenvalue weighted by molar-refractivity contribution is -0.117. The van der Waals surface area contributed by atoms with E-state index in [1.807, 2.05) is 37.3 Å². The minimum atomic E-state index is -0.238. The number of thiocarbonyl (C=S) groups is 1. The van der Waals surface area contributed by atoms with Crippen LogP contribution in [-0.2, 0) is 4.79 Å². The third-order valence-electron chi connectivity index (χ3n) is 3.34. The van der Waals surface area contributed by atoms with E-state index < -0.39 is 0 Å². The van der Waals surface area contributed by atoms with Crippen LogP contribution in [-0.4, -0.2) is 16.9 Å². The van der Waals surface area contributed by atoms with Crippen molar-refractivity contribution in [3.8, 4) is 0 Å². The summed E-state index contributed by atoms with van der Waals surface area (Å²) in [5.74, 6) is -0.388. The lowest BCUT2D eigenvalue weighted by Crippen LogP contribution is -2.32. The van der Waals surface area contributed by atoms with Crippen LogP contribution in [0.2, 0.25) is 0 Å². The van der Waals surface area contributed by atoms with Crippen LogP contribution in [0, 0.1) is 0 Å². The highest BCUT2D eigenvalue weighted by Gasteiger charge is 2.11. The molecule has 0 radical (unpaired) electrons. The maximum atomic E-state index is 12.3. The Bertz CT molecular complexity index is 730. The first-order valence-electron chi connectivity index (χ1n) is 7.50. The van der Waals surface area contributed by atoms with Gasteiger partial charge in [0.05, 0.1) is 6.04 Å². The first-order valence-corrected chi connectivity index (χ1v) is 7.91. The highest BCUT2D eigenvalue weighted by Crippen LogP contribution is 2.14. The minimum Gasteiger partial charge on any atom is -0.346 e. The van der Waals surface area contributed by atoms with Crippen molar-refractivity contribution < 1.29 is 9.59 Å². The van der Waals surface area contributed by atoms with Crippen LogP contribution in [0.5, 0.6) is 0 Å². The Morgan fingerprint density at radius 1 is 1.00 bits per heavy atom. The Labute approximate surface area is 146 Å². The maximum absolute atomic E-state index is 12.3. The number of nitrogens with one attached hydrogen (secondary N) is 3. The van der Waals surface area contributed by atoms with Crippen molar-refractivity contribution >= 4 is 34.8 Å². The van der Waals surface area contributed by atoms with Crippen molar-refractivity contribution in [1.29, 1.82) is 0 Å². The molecule has 0 aromatic heterocycles. The summed E-state index contributed by atoms with van der Waals surface area (Å²) >= 11 is 4.99. The number of carbonyl (C=O) groups is 2. The molecule has 5 nitrogen and oxygen atoms in total. The second kappa shape index (κ2) is 8.21. The van der Waals surface area contributed by atoms with Crippen molar-refractivity contribution in [3.05, 3.63) is 65.7 Å². The van der Waals surface area contributed by atoms with Gasteiger partial charge in [0.25, 0.3) is 5.91 Å². The molecule has 2 amide bonds. The van der Waals surface area contributed by atoms with Gasteiger partial charge in [0.2, 0.25) is 5.91 Å². The van der Waals surface area contributed by atoms with E-state index in [9.17, 15) is 9.59 Å². The molecule has 124 valence electrons. The largest absolute Gasteiger partial charge is 0.346 e. The molecule has 6 heteroatoms. The number of carbonyl (C=O) groups excluding carboxylic acids is 2. The zero-order chi connectivity index (χ0) is 17.5. The van der Waals surface area contributed by atoms with Crippen LogP contribution in [0.25, 0.3) is 0 Å². The second-order valence-electron chi connectivity index (χ2n) is 5.32. The van der Waals surface area contributed by atoms with Gasteiger partial charge in [-0.1, -0.05) is 30.3 Å². The number of hydrogen-bond acceptors (Lipinski definition) is 3. The molecule has 0 spiro atoms. The van der Waals surface area contributed by atoms with Crippen molar-refractivity contribution in [3.63, 3.8) is 0 Å². The van der Waals surface area contributed by atoms with Crippen LogP contribution in [0.3, 0.4) is 0 Å². The summed E-state index contributed by atoms with van der Waals surface area (Å²) in [5, 5.41) is 8.53. The highest BCUT2D eigenvalue weighted by atomic mass is 32.1. The third kappa shape index (κ3) is 5.17. The van der Waals surface area contributed by atoms with Gasteiger partial charge in [0.1, 0.15) is 0 Å². The quantitative estimate of drug-likeness (QED) is 0.748. The van der Waals surface area contributed by atoms with Gasteiger partial charge >= 0.3 is 0 Å². The van der Waals surface area contributed by atoms with Gasteiger partial charge in [-0.15, -0.1) is 0 Å². The van der Waals surface area contributed by atoms with E-state index in [1.165, 1.54) is 6.92 Å². The van der Waals surface area contributed by atoms with Crippen LogP contribution >= 0.6 is 12.2 Å². The van der Waals surface area contributed by atoms with Gasteiger partial charge in [-0.05, 0) is 49.0 Å². The monoisotopic (exact) mass is 341 g/mol. The van der Waals surface area contributed by atoms with E-state index in [1.54, 1.807) is 24.3 Å². The molecule has 24 heavy (non-hydrogen) atoms. The highest BCUT2D eigenvalue weighted by molar-refractivity contribution is 7.80. The maximum Gasteiger partial charge on any atom is 0.251 e. The molecule has 3 N–H and O–H groups in total. The first-order chi connectivity index (χ1) is 11.5. The van der Waals surface area contributed by atoms with E-state index in [-0.39, 0.29) is 23.0 Å². The summed E-state index contributed by atoms with van der Waals surface area (Å²) in [6, 6.07) is 16.6. The van der Waals surface area contributed by atoms with Crippen LogP contribution in [0.15, 0.2) is 54.6 Å². The smallest absolute Gasteiger partial charge is 0.251 e. The molecule has 0 saturated heterocycles. The number of rotatable bonds is 4. The number of amides is 2. The summed E-state index contributed by atoms with van der Waals surface area (Å²) in [6.07, 6.45) is 0. The first kappa shape index (κ1) is 17.6. The zero-order valence-electron chi connectivity index (χ0n) is 13.5. The number of benzene rings is 2. The van der Waals surface area contributed by atoms with Crippen LogP contribution in [0.4, 0.5) is 5.69 Å². The molecule has 2 rings (SSSR count). The third-order valence-corrected chi connectivity index (χ3v) is 3.55. The van der Waals surface area contributed by atoms with Gasteiger partial charge in [-0.2, -0.15) is 0 Å². The Kier molecular flexibility index (Phi) is 6.03. The van der Waals surface area contributed by atoms with E-state index in [4.69, 9.17) is 12.2 Å². The summed E-state index contributed by atoms with van der Waals surface area (Å²) < 4.78 is 0. The van der Waals surface area contributed by atoms with Crippen LogP contribution in [0.1, 0.15) is 35.8 Å². The minimum absolute atomic E-state index is 0.0798. The van der Waals surface area contributed by atoms with Crippen molar-refractivity contribution in [2.45, 2.75) is 19.9 Å². The fourth-order valence-electron chi connectivity index (χ4n) is 2.13. The van der Waals surface area contributed by atoms with Crippen molar-refractivity contribution in [2.24, 2.45) is 0 Å². The molecule has 0 aliphatic carbocycles. The van der Waals surface area contributed by atoms with Gasteiger partial charge in [0.15, 0.2) is 5.11 Å². The molecule has 0 heterocycles. The summed E-state index contributed by atoms with van der Waals surface area (Å²) in [4.78, 5) is 23.2. The molecule has 0 bridgehead atoms. The fourth-order valence-corrected chi connectivity index (χ4v) is 2.39. The summed E-state index contributed by atoms with van der Waals surface area (Å²) in [6.45, 7) is 3.32. The van der Waals surface area contributed by atoms with Gasteiger partial charge in [-0.25, -0.2) is 0 Å². The average Bonchev–Trinajstić information content (AvgIpc) is 2.55. The molecule has 2 aromatic carbocycles. The predicted molar refractivity (Wildman–Crippen MR) is 98.8 cm³/mol. The molecule has 0 saturated carbocycles. The van der Waals surface area contributed by atoms with Gasteiger partial charge in [0, 0.05) is 18.2 Å². The molecule has 0 aliphatic heterocycles.